The zero-order valence-corrected chi connectivity index (χ0v) is 14.9. The molecular formula is C16H21N3O7. The maximum Gasteiger partial charge on any atom is 0.328 e. The molecule has 0 radical (unpaired) electrons. The average molecular weight is 367 g/mol. The summed E-state index contributed by atoms with van der Waals surface area (Å²) < 4.78 is 5.10. The van der Waals surface area contributed by atoms with E-state index in [2.05, 4.69) is 5.32 Å². The molecule has 0 heterocycles. The van der Waals surface area contributed by atoms with Crippen LogP contribution in [-0.4, -0.2) is 33.9 Å². The van der Waals surface area contributed by atoms with Crippen LogP contribution in [0, 0.1) is 26.1 Å². The van der Waals surface area contributed by atoms with Crippen molar-refractivity contribution < 1.29 is 24.2 Å². The van der Waals surface area contributed by atoms with Crippen LogP contribution in [0.1, 0.15) is 44.5 Å². The highest BCUT2D eigenvalue weighted by atomic mass is 16.6. The fourth-order valence-electron chi connectivity index (χ4n) is 2.18. The molecule has 1 amide bonds. The van der Waals surface area contributed by atoms with Gasteiger partial charge >= 0.3 is 5.97 Å². The number of nitro groups is 2. The molecule has 0 aromatic heterocycles. The van der Waals surface area contributed by atoms with E-state index >= 15 is 0 Å². The van der Waals surface area contributed by atoms with Crippen LogP contribution in [0.2, 0.25) is 0 Å². The Labute approximate surface area is 149 Å². The zero-order chi connectivity index (χ0) is 20.0. The Morgan fingerprint density at radius 3 is 1.92 bits per heavy atom. The average Bonchev–Trinajstić information content (AvgIpc) is 2.52. The number of rotatable bonds is 8. The molecule has 0 unspecified atom stereocenters. The molecule has 1 aromatic rings. The minimum Gasteiger partial charge on any atom is -0.461 e. The van der Waals surface area contributed by atoms with Gasteiger partial charge in [-0.05, 0) is 26.2 Å². The van der Waals surface area contributed by atoms with Gasteiger partial charge in [-0.1, -0.05) is 13.8 Å². The smallest absolute Gasteiger partial charge is 0.328 e. The van der Waals surface area contributed by atoms with Crippen LogP contribution in [0.3, 0.4) is 0 Å². The number of benzene rings is 1. The monoisotopic (exact) mass is 367 g/mol. The molecule has 10 heteroatoms. The number of carbonyl (C=O) groups is 2. The summed E-state index contributed by atoms with van der Waals surface area (Å²) in [6.07, 6.45) is -0.0955. The third kappa shape index (κ3) is 6.11. The van der Waals surface area contributed by atoms with Crippen molar-refractivity contribution in [3.8, 4) is 0 Å². The minimum absolute atomic E-state index is 0.0551. The Morgan fingerprint density at radius 2 is 1.54 bits per heavy atom. The standard InChI is InChI=1S/C16H21N3O7/c1-9(2)5-14(16(21)26-10(3)4)17-15(20)11-6-12(18(22)23)8-13(7-11)19(24)25/h6-10,14H,5H2,1-4H3,(H,17,20)/t14-/m0/s1. The van der Waals surface area contributed by atoms with Gasteiger partial charge in [0.15, 0.2) is 0 Å². The number of ether oxygens (including phenoxy) is 1. The lowest BCUT2D eigenvalue weighted by atomic mass is 10.0. The summed E-state index contributed by atoms with van der Waals surface area (Å²) in [6.45, 7) is 7.02. The van der Waals surface area contributed by atoms with Crippen molar-refractivity contribution in [1.82, 2.24) is 5.32 Å². The van der Waals surface area contributed by atoms with Crippen LogP contribution in [0.5, 0.6) is 0 Å². The number of hydrogen-bond acceptors (Lipinski definition) is 7. The Balaban J connectivity index is 3.13. The molecule has 0 saturated carbocycles. The second-order valence-electron chi connectivity index (χ2n) is 6.39. The molecule has 1 rings (SSSR count). The lowest BCUT2D eigenvalue weighted by Crippen LogP contribution is -2.43. The molecule has 1 aromatic carbocycles. The third-order valence-corrected chi connectivity index (χ3v) is 3.24. The molecule has 1 N–H and O–H groups in total. The van der Waals surface area contributed by atoms with Crippen molar-refractivity contribution in [3.05, 3.63) is 44.0 Å². The van der Waals surface area contributed by atoms with E-state index in [1.807, 2.05) is 13.8 Å². The van der Waals surface area contributed by atoms with Gasteiger partial charge in [-0.3, -0.25) is 25.0 Å². The van der Waals surface area contributed by atoms with Gasteiger partial charge in [-0.2, -0.15) is 0 Å². The number of hydrogen-bond donors (Lipinski definition) is 1. The number of carbonyl (C=O) groups excluding carboxylic acids is 2. The van der Waals surface area contributed by atoms with Gasteiger partial charge in [0.2, 0.25) is 0 Å². The van der Waals surface area contributed by atoms with Crippen molar-refractivity contribution >= 4 is 23.3 Å². The van der Waals surface area contributed by atoms with E-state index in [4.69, 9.17) is 4.74 Å². The zero-order valence-electron chi connectivity index (χ0n) is 14.9. The molecule has 142 valence electrons. The molecule has 0 spiro atoms. The van der Waals surface area contributed by atoms with Gasteiger partial charge in [-0.25, -0.2) is 4.79 Å². The first-order chi connectivity index (χ1) is 12.0. The van der Waals surface area contributed by atoms with Crippen LogP contribution in [0.25, 0.3) is 0 Å². The van der Waals surface area contributed by atoms with E-state index in [9.17, 15) is 29.8 Å². The summed E-state index contributed by atoms with van der Waals surface area (Å²) in [5.41, 5.74) is -1.46. The predicted molar refractivity (Wildman–Crippen MR) is 91.7 cm³/mol. The highest BCUT2D eigenvalue weighted by Crippen LogP contribution is 2.23. The van der Waals surface area contributed by atoms with Gasteiger partial charge in [0, 0.05) is 12.1 Å². The van der Waals surface area contributed by atoms with Crippen molar-refractivity contribution in [2.75, 3.05) is 0 Å². The Hall–Kier alpha value is -3.04. The van der Waals surface area contributed by atoms with Crippen LogP contribution in [-0.2, 0) is 9.53 Å². The number of nitro benzene ring substituents is 2. The summed E-state index contributed by atoms with van der Waals surface area (Å²) >= 11 is 0. The van der Waals surface area contributed by atoms with E-state index in [0.717, 1.165) is 18.2 Å². The maximum atomic E-state index is 12.4. The summed E-state index contributed by atoms with van der Waals surface area (Å²) in [6, 6.07) is 1.63. The van der Waals surface area contributed by atoms with Gasteiger partial charge in [-0.15, -0.1) is 0 Å². The van der Waals surface area contributed by atoms with Gasteiger partial charge in [0.25, 0.3) is 17.3 Å². The van der Waals surface area contributed by atoms with Crippen LogP contribution < -0.4 is 5.32 Å². The van der Waals surface area contributed by atoms with Crippen LogP contribution in [0.15, 0.2) is 18.2 Å². The van der Waals surface area contributed by atoms with Crippen molar-refractivity contribution in [2.24, 2.45) is 5.92 Å². The quantitative estimate of drug-likeness (QED) is 0.423. The summed E-state index contributed by atoms with van der Waals surface area (Å²) in [5.74, 6) is -1.41. The third-order valence-electron chi connectivity index (χ3n) is 3.24. The highest BCUT2D eigenvalue weighted by molar-refractivity contribution is 5.98. The number of nitrogens with one attached hydrogen (secondary N) is 1. The number of non-ortho nitro benzene ring substituents is 2. The van der Waals surface area contributed by atoms with E-state index in [1.165, 1.54) is 0 Å². The first kappa shape index (κ1) is 21.0. The van der Waals surface area contributed by atoms with Gasteiger partial charge in [0.05, 0.1) is 27.6 Å². The second kappa shape index (κ2) is 8.88. The topological polar surface area (TPSA) is 142 Å². The van der Waals surface area contributed by atoms with Crippen molar-refractivity contribution in [1.29, 1.82) is 0 Å². The number of esters is 1. The predicted octanol–water partition coefficient (Wildman–Crippen LogP) is 2.60. The molecular weight excluding hydrogens is 346 g/mol. The molecule has 1 atom stereocenters. The molecule has 0 saturated heterocycles. The Morgan fingerprint density at radius 1 is 1.04 bits per heavy atom. The van der Waals surface area contributed by atoms with E-state index in [0.29, 0.717) is 0 Å². The molecule has 26 heavy (non-hydrogen) atoms. The molecule has 0 aliphatic rings. The summed E-state index contributed by atoms with van der Waals surface area (Å²) in [7, 11) is 0. The highest BCUT2D eigenvalue weighted by Gasteiger charge is 2.26. The Kier molecular flexibility index (Phi) is 7.17. The summed E-state index contributed by atoms with van der Waals surface area (Å²) in [5, 5.41) is 24.3. The van der Waals surface area contributed by atoms with Gasteiger partial charge in [0.1, 0.15) is 6.04 Å². The fourth-order valence-corrected chi connectivity index (χ4v) is 2.18. The van der Waals surface area contributed by atoms with Crippen LogP contribution >= 0.6 is 0 Å². The number of nitrogens with zero attached hydrogens (tertiary/aromatic N) is 2. The summed E-state index contributed by atoms with van der Waals surface area (Å²) in [4.78, 5) is 44.8. The lowest BCUT2D eigenvalue weighted by molar-refractivity contribution is -0.394. The normalized spacial score (nSPS) is 11.9. The van der Waals surface area contributed by atoms with Crippen molar-refractivity contribution in [2.45, 2.75) is 46.3 Å². The molecule has 0 bridgehead atoms. The molecule has 10 nitrogen and oxygen atoms in total. The largest absolute Gasteiger partial charge is 0.461 e. The molecule has 0 fully saturated rings. The number of amides is 1. The van der Waals surface area contributed by atoms with E-state index in [-0.39, 0.29) is 24.0 Å². The van der Waals surface area contributed by atoms with Gasteiger partial charge < -0.3 is 10.1 Å². The minimum atomic E-state index is -0.969. The van der Waals surface area contributed by atoms with E-state index in [1.54, 1.807) is 13.8 Å². The van der Waals surface area contributed by atoms with E-state index < -0.39 is 39.1 Å². The Bertz CT molecular complexity index is 684. The van der Waals surface area contributed by atoms with Crippen molar-refractivity contribution in [3.63, 3.8) is 0 Å². The lowest BCUT2D eigenvalue weighted by Gasteiger charge is -2.20. The molecule has 0 aliphatic heterocycles. The fraction of sp³-hybridized carbons (Fsp3) is 0.500. The first-order valence-corrected chi connectivity index (χ1v) is 7.96. The van der Waals surface area contributed by atoms with Crippen LogP contribution in [0.4, 0.5) is 11.4 Å². The second-order valence-corrected chi connectivity index (χ2v) is 6.39. The molecule has 0 aliphatic carbocycles. The maximum absolute atomic E-state index is 12.4. The SMILES string of the molecule is CC(C)C[C@H](NC(=O)c1cc([N+](=O)[O-])cc([N+](=O)[O-])c1)C(=O)OC(C)C. The first-order valence-electron chi connectivity index (χ1n) is 7.96.